The van der Waals surface area contributed by atoms with Gasteiger partial charge in [0.25, 0.3) is 5.69 Å². The maximum Gasteiger partial charge on any atom is 0.269 e. The van der Waals surface area contributed by atoms with Gasteiger partial charge in [0.2, 0.25) is 11.8 Å². The Morgan fingerprint density at radius 3 is 2.10 bits per heavy atom. The number of amides is 2. The Bertz CT molecular complexity index is 548. The number of nitrogens with zero attached hydrogens (tertiary/aromatic N) is 3. The van der Waals surface area contributed by atoms with Crippen molar-refractivity contribution in [2.45, 2.75) is 13.3 Å². The SMILES string of the molecule is CC(=O)N1CCN(C(=O)Cc2ccc([N+](=O)[O-])cc2)CC1. The predicted octanol–water partition coefficient (Wildman–Crippen LogP) is 0.828. The van der Waals surface area contributed by atoms with E-state index in [1.54, 1.807) is 21.9 Å². The Morgan fingerprint density at radius 1 is 1.10 bits per heavy atom. The number of carbonyl (C=O) groups is 2. The van der Waals surface area contributed by atoms with E-state index in [2.05, 4.69) is 0 Å². The molecule has 2 amide bonds. The second-order valence-corrected chi connectivity index (χ2v) is 4.99. The molecule has 0 bridgehead atoms. The van der Waals surface area contributed by atoms with Gasteiger partial charge in [-0.3, -0.25) is 19.7 Å². The van der Waals surface area contributed by atoms with Crippen molar-refractivity contribution in [3.8, 4) is 0 Å². The highest BCUT2D eigenvalue weighted by atomic mass is 16.6. The Hall–Kier alpha value is -2.44. The van der Waals surface area contributed by atoms with Crippen molar-refractivity contribution >= 4 is 17.5 Å². The normalized spacial score (nSPS) is 14.9. The van der Waals surface area contributed by atoms with Crippen LogP contribution in [-0.4, -0.2) is 52.7 Å². The molecule has 0 unspecified atom stereocenters. The van der Waals surface area contributed by atoms with Crippen LogP contribution in [0.25, 0.3) is 0 Å². The van der Waals surface area contributed by atoms with E-state index >= 15 is 0 Å². The van der Waals surface area contributed by atoms with Gasteiger partial charge in [-0.25, -0.2) is 0 Å². The van der Waals surface area contributed by atoms with Gasteiger partial charge in [0.15, 0.2) is 0 Å². The Morgan fingerprint density at radius 2 is 1.62 bits per heavy atom. The summed E-state index contributed by atoms with van der Waals surface area (Å²) in [5, 5.41) is 10.6. The summed E-state index contributed by atoms with van der Waals surface area (Å²) in [6.45, 7) is 3.70. The second-order valence-electron chi connectivity index (χ2n) is 4.99. The van der Waals surface area contributed by atoms with E-state index in [1.165, 1.54) is 19.1 Å². The maximum absolute atomic E-state index is 12.2. The average Bonchev–Trinajstić information content (AvgIpc) is 2.47. The molecule has 0 radical (unpaired) electrons. The largest absolute Gasteiger partial charge is 0.339 e. The van der Waals surface area contributed by atoms with Crippen molar-refractivity contribution in [3.05, 3.63) is 39.9 Å². The van der Waals surface area contributed by atoms with Crippen LogP contribution in [-0.2, 0) is 16.0 Å². The molecule has 0 saturated carbocycles. The van der Waals surface area contributed by atoms with Crippen molar-refractivity contribution in [1.29, 1.82) is 0 Å². The van der Waals surface area contributed by atoms with Crippen LogP contribution < -0.4 is 0 Å². The molecule has 1 aliphatic rings. The molecule has 7 heteroatoms. The average molecular weight is 291 g/mol. The van der Waals surface area contributed by atoms with Crippen LogP contribution in [0.3, 0.4) is 0 Å². The quantitative estimate of drug-likeness (QED) is 0.610. The van der Waals surface area contributed by atoms with Gasteiger partial charge in [-0.05, 0) is 5.56 Å². The van der Waals surface area contributed by atoms with E-state index in [1.807, 2.05) is 0 Å². The standard InChI is InChI=1S/C14H17N3O4/c1-11(18)15-6-8-16(9-7-15)14(19)10-12-2-4-13(5-3-12)17(20)21/h2-5H,6-10H2,1H3. The molecule has 0 spiro atoms. The lowest BCUT2D eigenvalue weighted by Gasteiger charge is -2.34. The fourth-order valence-corrected chi connectivity index (χ4v) is 2.29. The summed E-state index contributed by atoms with van der Waals surface area (Å²) in [5.41, 5.74) is 0.765. The molecule has 1 aliphatic heterocycles. The molecule has 0 N–H and O–H groups in total. The first kappa shape index (κ1) is 15.0. The molecule has 7 nitrogen and oxygen atoms in total. The molecule has 1 saturated heterocycles. The van der Waals surface area contributed by atoms with Crippen LogP contribution in [0.2, 0.25) is 0 Å². The highest BCUT2D eigenvalue weighted by Gasteiger charge is 2.22. The van der Waals surface area contributed by atoms with E-state index in [0.29, 0.717) is 26.2 Å². The zero-order valence-corrected chi connectivity index (χ0v) is 11.8. The highest BCUT2D eigenvalue weighted by molar-refractivity contribution is 5.79. The predicted molar refractivity (Wildman–Crippen MR) is 75.6 cm³/mol. The summed E-state index contributed by atoms with van der Waals surface area (Å²) >= 11 is 0. The fourth-order valence-electron chi connectivity index (χ4n) is 2.29. The Balaban J connectivity index is 1.90. The Kier molecular flexibility index (Phi) is 4.52. The minimum Gasteiger partial charge on any atom is -0.339 e. The highest BCUT2D eigenvalue weighted by Crippen LogP contribution is 2.13. The first-order chi connectivity index (χ1) is 9.97. The molecule has 1 fully saturated rings. The molecule has 112 valence electrons. The third-order valence-corrected chi connectivity index (χ3v) is 3.58. The minimum atomic E-state index is -0.466. The number of nitro benzene ring substituents is 1. The number of hydrogen-bond donors (Lipinski definition) is 0. The van der Waals surface area contributed by atoms with E-state index in [4.69, 9.17) is 0 Å². The van der Waals surface area contributed by atoms with E-state index < -0.39 is 4.92 Å². The van der Waals surface area contributed by atoms with Crippen LogP contribution in [0.4, 0.5) is 5.69 Å². The summed E-state index contributed by atoms with van der Waals surface area (Å²) < 4.78 is 0. The first-order valence-electron chi connectivity index (χ1n) is 6.74. The molecule has 0 aromatic heterocycles. The van der Waals surface area contributed by atoms with Gasteiger partial charge in [-0.2, -0.15) is 0 Å². The van der Waals surface area contributed by atoms with Crippen LogP contribution in [0.1, 0.15) is 12.5 Å². The number of piperazine rings is 1. The van der Waals surface area contributed by atoms with Gasteiger partial charge >= 0.3 is 0 Å². The van der Waals surface area contributed by atoms with E-state index in [9.17, 15) is 19.7 Å². The molecule has 0 atom stereocenters. The van der Waals surface area contributed by atoms with E-state index in [-0.39, 0.29) is 23.9 Å². The van der Waals surface area contributed by atoms with Crippen molar-refractivity contribution in [1.82, 2.24) is 9.80 Å². The summed E-state index contributed by atoms with van der Waals surface area (Å²) in [4.78, 5) is 36.9. The maximum atomic E-state index is 12.2. The summed E-state index contributed by atoms with van der Waals surface area (Å²) in [7, 11) is 0. The van der Waals surface area contributed by atoms with E-state index in [0.717, 1.165) is 5.56 Å². The minimum absolute atomic E-state index is 0.0151. The zero-order chi connectivity index (χ0) is 15.4. The number of nitro groups is 1. The van der Waals surface area contributed by atoms with Crippen molar-refractivity contribution in [3.63, 3.8) is 0 Å². The number of non-ortho nitro benzene ring substituents is 1. The molecule has 1 heterocycles. The van der Waals surface area contributed by atoms with Crippen molar-refractivity contribution in [2.75, 3.05) is 26.2 Å². The van der Waals surface area contributed by atoms with Gasteiger partial charge in [0.05, 0.1) is 11.3 Å². The van der Waals surface area contributed by atoms with Gasteiger partial charge in [-0.15, -0.1) is 0 Å². The summed E-state index contributed by atoms with van der Waals surface area (Å²) in [6.07, 6.45) is 0.220. The monoisotopic (exact) mass is 291 g/mol. The van der Waals surface area contributed by atoms with Crippen molar-refractivity contribution < 1.29 is 14.5 Å². The van der Waals surface area contributed by atoms with Crippen LogP contribution >= 0.6 is 0 Å². The first-order valence-corrected chi connectivity index (χ1v) is 6.74. The second kappa shape index (κ2) is 6.34. The molecule has 2 rings (SSSR count). The van der Waals surface area contributed by atoms with Gasteiger partial charge in [0.1, 0.15) is 0 Å². The lowest BCUT2D eigenvalue weighted by molar-refractivity contribution is -0.384. The molecule has 1 aromatic carbocycles. The molecule has 1 aromatic rings. The molecule has 21 heavy (non-hydrogen) atoms. The smallest absolute Gasteiger partial charge is 0.269 e. The fraction of sp³-hybridized carbons (Fsp3) is 0.429. The summed E-state index contributed by atoms with van der Waals surface area (Å²) in [6, 6.07) is 6.00. The third-order valence-electron chi connectivity index (χ3n) is 3.58. The number of hydrogen-bond acceptors (Lipinski definition) is 4. The van der Waals surface area contributed by atoms with Crippen LogP contribution in [0.15, 0.2) is 24.3 Å². The third kappa shape index (κ3) is 3.77. The summed E-state index contributed by atoms with van der Waals surface area (Å²) in [5.74, 6) is 0.00419. The lowest BCUT2D eigenvalue weighted by atomic mass is 10.1. The van der Waals surface area contributed by atoms with Crippen LogP contribution in [0.5, 0.6) is 0 Å². The number of benzene rings is 1. The molecular weight excluding hydrogens is 274 g/mol. The van der Waals surface area contributed by atoms with Gasteiger partial charge < -0.3 is 9.80 Å². The number of carbonyl (C=O) groups excluding carboxylic acids is 2. The zero-order valence-electron chi connectivity index (χ0n) is 11.8. The van der Waals surface area contributed by atoms with Gasteiger partial charge in [-0.1, -0.05) is 12.1 Å². The molecular formula is C14H17N3O4. The number of rotatable bonds is 3. The van der Waals surface area contributed by atoms with Crippen molar-refractivity contribution in [2.24, 2.45) is 0 Å². The topological polar surface area (TPSA) is 83.8 Å². The molecule has 0 aliphatic carbocycles. The Labute approximate surface area is 122 Å². The van der Waals surface area contributed by atoms with Crippen LogP contribution in [0, 0.1) is 10.1 Å². The lowest BCUT2D eigenvalue weighted by Crippen LogP contribution is -2.50. The van der Waals surface area contributed by atoms with Gasteiger partial charge in [0, 0.05) is 45.2 Å².